The van der Waals surface area contributed by atoms with Crippen LogP contribution in [0, 0.1) is 0 Å². The summed E-state index contributed by atoms with van der Waals surface area (Å²) in [6.45, 7) is 6.81. The van der Waals surface area contributed by atoms with Crippen LogP contribution in [-0.4, -0.2) is 60.0 Å². The summed E-state index contributed by atoms with van der Waals surface area (Å²) in [5.74, 6) is -0.353. The number of hydrogen-bond donors (Lipinski definition) is 0. The summed E-state index contributed by atoms with van der Waals surface area (Å²) in [7, 11) is 0. The first-order valence-electron chi connectivity index (χ1n) is 7.39. The normalized spacial score (nSPS) is 26.3. The van der Waals surface area contributed by atoms with Gasteiger partial charge in [-0.15, -0.1) is 0 Å². The Kier molecular flexibility index (Phi) is 3.78. The van der Waals surface area contributed by atoms with E-state index in [1.54, 1.807) is 24.3 Å². The largest absolute Gasteiger partial charge is 0.376 e. The molecule has 2 heterocycles. The van der Waals surface area contributed by atoms with E-state index in [0.29, 0.717) is 36.9 Å². The lowest BCUT2D eigenvalue weighted by Gasteiger charge is -2.37. The molecule has 2 atom stereocenters. The molecule has 0 aliphatic carbocycles. The molecule has 112 valence electrons. The van der Waals surface area contributed by atoms with Crippen molar-refractivity contribution in [3.8, 4) is 0 Å². The van der Waals surface area contributed by atoms with Crippen LogP contribution in [-0.2, 0) is 4.74 Å². The molecule has 3 rings (SSSR count). The lowest BCUT2D eigenvalue weighted by atomic mass is 10.1. The Bertz CT molecular complexity index is 537. The average molecular weight is 288 g/mol. The van der Waals surface area contributed by atoms with Gasteiger partial charge in [-0.25, -0.2) is 0 Å². The van der Waals surface area contributed by atoms with Gasteiger partial charge in [0.25, 0.3) is 11.8 Å². The first-order valence-corrected chi connectivity index (χ1v) is 7.39. The van der Waals surface area contributed by atoms with Crippen LogP contribution in [0.5, 0.6) is 0 Å². The Morgan fingerprint density at radius 1 is 1.10 bits per heavy atom. The van der Waals surface area contributed by atoms with Gasteiger partial charge in [0.1, 0.15) is 0 Å². The second-order valence-corrected chi connectivity index (χ2v) is 5.80. The molecule has 0 saturated carbocycles. The maximum absolute atomic E-state index is 12.3. The Balaban J connectivity index is 1.67. The number of amides is 2. The van der Waals surface area contributed by atoms with E-state index < -0.39 is 0 Å². The number of nitrogens with zero attached hydrogens (tertiary/aromatic N) is 2. The highest BCUT2D eigenvalue weighted by atomic mass is 16.5. The monoisotopic (exact) mass is 288 g/mol. The number of fused-ring (bicyclic) bond motifs is 1. The predicted molar refractivity (Wildman–Crippen MR) is 78.3 cm³/mol. The van der Waals surface area contributed by atoms with Crippen LogP contribution in [0.2, 0.25) is 0 Å². The number of morpholine rings is 1. The molecule has 0 bridgehead atoms. The minimum Gasteiger partial charge on any atom is -0.376 e. The zero-order chi connectivity index (χ0) is 15.0. The fourth-order valence-corrected chi connectivity index (χ4v) is 2.95. The van der Waals surface area contributed by atoms with Gasteiger partial charge in [0.2, 0.25) is 0 Å². The second kappa shape index (κ2) is 5.58. The van der Waals surface area contributed by atoms with Gasteiger partial charge in [0.15, 0.2) is 0 Å². The summed E-state index contributed by atoms with van der Waals surface area (Å²) in [6.07, 6.45) is 0.198. The lowest BCUT2D eigenvalue weighted by molar-refractivity contribution is -0.0501. The van der Waals surface area contributed by atoms with Crippen LogP contribution >= 0.6 is 0 Å². The zero-order valence-electron chi connectivity index (χ0n) is 12.4. The fraction of sp³-hybridized carbons (Fsp3) is 0.500. The molecular formula is C16H20N2O3. The highest BCUT2D eigenvalue weighted by Crippen LogP contribution is 2.22. The van der Waals surface area contributed by atoms with Crippen molar-refractivity contribution in [2.24, 2.45) is 0 Å². The molecule has 0 spiro atoms. The van der Waals surface area contributed by atoms with Crippen LogP contribution in [0.25, 0.3) is 0 Å². The van der Waals surface area contributed by atoms with Crippen LogP contribution in [0.4, 0.5) is 0 Å². The van der Waals surface area contributed by atoms with Gasteiger partial charge in [0, 0.05) is 25.7 Å². The molecule has 0 aromatic heterocycles. The van der Waals surface area contributed by atoms with E-state index in [9.17, 15) is 9.59 Å². The quantitative estimate of drug-likeness (QED) is 0.789. The number of hydrogen-bond acceptors (Lipinski definition) is 4. The smallest absolute Gasteiger partial charge is 0.261 e. The van der Waals surface area contributed by atoms with Gasteiger partial charge < -0.3 is 4.74 Å². The molecule has 1 aromatic carbocycles. The highest BCUT2D eigenvalue weighted by molar-refractivity contribution is 6.21. The third-order valence-corrected chi connectivity index (χ3v) is 4.23. The number of imide groups is 1. The molecular weight excluding hydrogens is 268 g/mol. The molecule has 0 unspecified atom stereocenters. The summed E-state index contributed by atoms with van der Waals surface area (Å²) in [6, 6.07) is 7.33. The SMILES string of the molecule is C[C@@H]1CN(CCN2C(=O)c3ccccc3C2=O)[C@@H](C)CO1. The van der Waals surface area contributed by atoms with Crippen molar-refractivity contribution in [3.63, 3.8) is 0 Å². The van der Waals surface area contributed by atoms with Crippen LogP contribution in [0.3, 0.4) is 0 Å². The number of carbonyl (C=O) groups is 2. The Morgan fingerprint density at radius 2 is 1.71 bits per heavy atom. The van der Waals surface area contributed by atoms with E-state index in [1.165, 1.54) is 4.90 Å². The minimum absolute atomic E-state index is 0.176. The molecule has 2 aliphatic rings. The van der Waals surface area contributed by atoms with Crippen molar-refractivity contribution in [3.05, 3.63) is 35.4 Å². The second-order valence-electron chi connectivity index (χ2n) is 5.80. The third-order valence-electron chi connectivity index (χ3n) is 4.23. The van der Waals surface area contributed by atoms with E-state index in [1.807, 2.05) is 6.92 Å². The summed E-state index contributed by atoms with van der Waals surface area (Å²) in [5.41, 5.74) is 1.04. The first-order chi connectivity index (χ1) is 10.1. The Labute approximate surface area is 124 Å². The van der Waals surface area contributed by atoms with Crippen molar-refractivity contribution < 1.29 is 14.3 Å². The van der Waals surface area contributed by atoms with E-state index in [4.69, 9.17) is 4.74 Å². The molecule has 0 N–H and O–H groups in total. The predicted octanol–water partition coefficient (Wildman–Crippen LogP) is 1.39. The van der Waals surface area contributed by atoms with Gasteiger partial charge in [0.05, 0.1) is 23.8 Å². The maximum atomic E-state index is 12.3. The standard InChI is InChI=1S/C16H20N2O3/c1-11-10-21-12(2)9-17(11)7-8-18-15(19)13-5-3-4-6-14(13)16(18)20/h3-6,11-12H,7-10H2,1-2H3/t11-,12+/m0/s1. The van der Waals surface area contributed by atoms with Gasteiger partial charge in [-0.05, 0) is 26.0 Å². The summed E-state index contributed by atoms with van der Waals surface area (Å²) < 4.78 is 5.60. The molecule has 1 fully saturated rings. The van der Waals surface area contributed by atoms with Gasteiger partial charge in [-0.2, -0.15) is 0 Å². The molecule has 5 heteroatoms. The zero-order valence-corrected chi connectivity index (χ0v) is 12.4. The number of rotatable bonds is 3. The molecule has 21 heavy (non-hydrogen) atoms. The van der Waals surface area contributed by atoms with Crippen molar-refractivity contribution >= 4 is 11.8 Å². The van der Waals surface area contributed by atoms with E-state index >= 15 is 0 Å². The topological polar surface area (TPSA) is 49.9 Å². The first kappa shape index (κ1) is 14.2. The number of ether oxygens (including phenoxy) is 1. The molecule has 2 aliphatic heterocycles. The minimum atomic E-state index is -0.176. The lowest BCUT2D eigenvalue weighted by Crippen LogP contribution is -2.50. The van der Waals surface area contributed by atoms with Gasteiger partial charge >= 0.3 is 0 Å². The number of benzene rings is 1. The maximum Gasteiger partial charge on any atom is 0.261 e. The fourth-order valence-electron chi connectivity index (χ4n) is 2.95. The van der Waals surface area contributed by atoms with E-state index in [0.717, 1.165) is 6.54 Å². The Hall–Kier alpha value is -1.72. The molecule has 2 amide bonds. The van der Waals surface area contributed by atoms with E-state index in [-0.39, 0.29) is 17.9 Å². The van der Waals surface area contributed by atoms with Crippen molar-refractivity contribution in [2.45, 2.75) is 26.0 Å². The van der Waals surface area contributed by atoms with Gasteiger partial charge in [-0.1, -0.05) is 12.1 Å². The summed E-state index contributed by atoms with van der Waals surface area (Å²) in [5, 5.41) is 0. The summed E-state index contributed by atoms with van der Waals surface area (Å²) in [4.78, 5) is 28.2. The van der Waals surface area contributed by atoms with Crippen LogP contribution in [0.1, 0.15) is 34.6 Å². The summed E-state index contributed by atoms with van der Waals surface area (Å²) >= 11 is 0. The third kappa shape index (κ3) is 2.59. The molecule has 0 radical (unpaired) electrons. The van der Waals surface area contributed by atoms with Crippen molar-refractivity contribution in [1.82, 2.24) is 9.80 Å². The Morgan fingerprint density at radius 3 is 2.33 bits per heavy atom. The van der Waals surface area contributed by atoms with Crippen molar-refractivity contribution in [2.75, 3.05) is 26.2 Å². The van der Waals surface area contributed by atoms with Crippen LogP contribution < -0.4 is 0 Å². The molecule has 1 saturated heterocycles. The van der Waals surface area contributed by atoms with Crippen LogP contribution in [0.15, 0.2) is 24.3 Å². The average Bonchev–Trinajstić information content (AvgIpc) is 2.73. The molecule has 5 nitrogen and oxygen atoms in total. The number of carbonyl (C=O) groups excluding carboxylic acids is 2. The molecule has 1 aromatic rings. The highest BCUT2D eigenvalue weighted by Gasteiger charge is 2.35. The van der Waals surface area contributed by atoms with Crippen molar-refractivity contribution in [1.29, 1.82) is 0 Å². The van der Waals surface area contributed by atoms with E-state index in [2.05, 4.69) is 11.8 Å². The van der Waals surface area contributed by atoms with Gasteiger partial charge in [-0.3, -0.25) is 19.4 Å².